The molecule has 1 heterocycles. The molecule has 1 aromatic heterocycles. The maximum Gasteiger partial charge on any atom is 0.364 e. The van der Waals surface area contributed by atoms with Gasteiger partial charge in [0.2, 0.25) is 0 Å². The van der Waals surface area contributed by atoms with Crippen LogP contribution in [0.5, 0.6) is 5.75 Å². The molecular formula is C11H12N4O4. The molecule has 0 saturated carbocycles. The molecule has 8 nitrogen and oxygen atoms in total. The highest BCUT2D eigenvalue weighted by molar-refractivity contribution is 5.66. The summed E-state index contributed by atoms with van der Waals surface area (Å²) in [4.78, 5) is 22.3. The maximum atomic E-state index is 11.7. The molecule has 0 bridgehead atoms. The van der Waals surface area contributed by atoms with Crippen LogP contribution in [0.4, 0.5) is 0 Å². The van der Waals surface area contributed by atoms with Gasteiger partial charge in [0, 0.05) is 0 Å². The van der Waals surface area contributed by atoms with E-state index in [0.29, 0.717) is 5.75 Å². The Labute approximate surface area is 107 Å². The standard InChI is InChI=1S/C11H12N4O4/c1-19-9-4-2-8(3-5-9)6-14-11(18)15(13-12-14)7-10(16)17/h2-5H,6-7H2,1H3,(H,16,17). The fourth-order valence-electron chi connectivity index (χ4n) is 1.54. The summed E-state index contributed by atoms with van der Waals surface area (Å²) >= 11 is 0. The van der Waals surface area contributed by atoms with Gasteiger partial charge in [-0.15, -0.1) is 0 Å². The predicted molar refractivity (Wildman–Crippen MR) is 64.0 cm³/mol. The van der Waals surface area contributed by atoms with Gasteiger partial charge in [0.05, 0.1) is 13.7 Å². The Morgan fingerprint density at radius 1 is 1.26 bits per heavy atom. The SMILES string of the molecule is COc1ccc(Cn2nnn(CC(=O)O)c2=O)cc1. The van der Waals surface area contributed by atoms with Crippen molar-refractivity contribution < 1.29 is 14.6 Å². The molecule has 0 atom stereocenters. The van der Waals surface area contributed by atoms with Crippen molar-refractivity contribution in [3.05, 3.63) is 40.3 Å². The van der Waals surface area contributed by atoms with Gasteiger partial charge in [-0.1, -0.05) is 12.1 Å². The lowest BCUT2D eigenvalue weighted by atomic mass is 10.2. The number of aromatic nitrogens is 4. The van der Waals surface area contributed by atoms with E-state index in [9.17, 15) is 9.59 Å². The lowest BCUT2D eigenvalue weighted by Gasteiger charge is -2.02. The van der Waals surface area contributed by atoms with E-state index >= 15 is 0 Å². The second-order valence-corrected chi connectivity index (χ2v) is 3.82. The molecule has 8 heteroatoms. The molecule has 0 spiro atoms. The lowest BCUT2D eigenvalue weighted by molar-refractivity contribution is -0.138. The minimum absolute atomic E-state index is 0.225. The van der Waals surface area contributed by atoms with Crippen molar-refractivity contribution in [3.63, 3.8) is 0 Å². The van der Waals surface area contributed by atoms with E-state index in [-0.39, 0.29) is 6.54 Å². The minimum Gasteiger partial charge on any atom is -0.497 e. The average molecular weight is 264 g/mol. The summed E-state index contributed by atoms with van der Waals surface area (Å²) in [5.74, 6) is -0.427. The number of benzene rings is 1. The largest absolute Gasteiger partial charge is 0.497 e. The van der Waals surface area contributed by atoms with Crippen molar-refractivity contribution in [2.75, 3.05) is 7.11 Å². The monoisotopic (exact) mass is 264 g/mol. The van der Waals surface area contributed by atoms with E-state index in [0.717, 1.165) is 14.9 Å². The van der Waals surface area contributed by atoms with Crippen molar-refractivity contribution >= 4 is 5.97 Å². The van der Waals surface area contributed by atoms with Crippen LogP contribution < -0.4 is 10.4 Å². The molecule has 0 aliphatic heterocycles. The highest BCUT2D eigenvalue weighted by atomic mass is 16.5. The van der Waals surface area contributed by atoms with Gasteiger partial charge in [-0.2, -0.15) is 9.36 Å². The second kappa shape index (κ2) is 5.34. The molecule has 0 fully saturated rings. The number of tetrazole rings is 1. The van der Waals surface area contributed by atoms with E-state index < -0.39 is 18.2 Å². The first kappa shape index (κ1) is 12.8. The van der Waals surface area contributed by atoms with Crippen molar-refractivity contribution in [2.45, 2.75) is 13.1 Å². The van der Waals surface area contributed by atoms with Gasteiger partial charge in [-0.3, -0.25) is 4.79 Å². The van der Waals surface area contributed by atoms with Gasteiger partial charge in [0.25, 0.3) is 0 Å². The van der Waals surface area contributed by atoms with Gasteiger partial charge >= 0.3 is 11.7 Å². The maximum absolute atomic E-state index is 11.7. The molecule has 0 radical (unpaired) electrons. The highest BCUT2D eigenvalue weighted by Gasteiger charge is 2.10. The Balaban J connectivity index is 2.16. The minimum atomic E-state index is -1.14. The van der Waals surface area contributed by atoms with E-state index in [1.165, 1.54) is 0 Å². The summed E-state index contributed by atoms with van der Waals surface area (Å²) in [5, 5.41) is 15.7. The van der Waals surface area contributed by atoms with Gasteiger partial charge in [-0.05, 0) is 28.1 Å². The molecule has 1 aromatic carbocycles. The molecule has 0 unspecified atom stereocenters. The first-order valence-electron chi connectivity index (χ1n) is 5.45. The Bertz CT molecular complexity index is 629. The average Bonchev–Trinajstić information content (AvgIpc) is 2.72. The zero-order chi connectivity index (χ0) is 13.8. The number of carboxylic acids is 1. The van der Waals surface area contributed by atoms with Crippen molar-refractivity contribution in [1.82, 2.24) is 19.8 Å². The summed E-state index contributed by atoms with van der Waals surface area (Å²) in [5.41, 5.74) is 0.281. The van der Waals surface area contributed by atoms with Gasteiger partial charge < -0.3 is 9.84 Å². The van der Waals surface area contributed by atoms with E-state index in [2.05, 4.69) is 10.4 Å². The fraction of sp³-hybridized carbons (Fsp3) is 0.273. The first-order valence-corrected chi connectivity index (χ1v) is 5.45. The molecule has 2 rings (SSSR count). The molecule has 0 saturated heterocycles. The smallest absolute Gasteiger partial charge is 0.364 e. The summed E-state index contributed by atoms with van der Waals surface area (Å²) in [7, 11) is 1.57. The predicted octanol–water partition coefficient (Wildman–Crippen LogP) is -0.419. The zero-order valence-electron chi connectivity index (χ0n) is 10.2. The number of rotatable bonds is 5. The second-order valence-electron chi connectivity index (χ2n) is 3.82. The van der Waals surface area contributed by atoms with Crippen molar-refractivity contribution in [3.8, 4) is 5.75 Å². The van der Waals surface area contributed by atoms with Crippen LogP contribution in [0.15, 0.2) is 29.1 Å². The van der Waals surface area contributed by atoms with Gasteiger partial charge in [0.1, 0.15) is 12.3 Å². The zero-order valence-corrected chi connectivity index (χ0v) is 10.2. The molecule has 0 aliphatic rings. The number of nitrogens with zero attached hydrogens (tertiary/aromatic N) is 4. The number of carbonyl (C=O) groups is 1. The molecule has 2 aromatic rings. The Morgan fingerprint density at radius 3 is 2.47 bits per heavy atom. The quantitative estimate of drug-likeness (QED) is 0.787. The summed E-state index contributed by atoms with van der Waals surface area (Å²) in [6, 6.07) is 7.12. The lowest BCUT2D eigenvalue weighted by Crippen LogP contribution is -2.28. The van der Waals surface area contributed by atoms with Crippen molar-refractivity contribution in [2.24, 2.45) is 0 Å². The topological polar surface area (TPSA) is 99.2 Å². The van der Waals surface area contributed by atoms with Crippen LogP contribution in [-0.2, 0) is 17.9 Å². The van der Waals surface area contributed by atoms with Gasteiger partial charge in [0.15, 0.2) is 0 Å². The molecule has 100 valence electrons. The number of hydrogen-bond acceptors (Lipinski definition) is 5. The van der Waals surface area contributed by atoms with E-state index in [1.54, 1.807) is 31.4 Å². The van der Waals surface area contributed by atoms with E-state index in [4.69, 9.17) is 9.84 Å². The van der Waals surface area contributed by atoms with Crippen LogP contribution in [0.25, 0.3) is 0 Å². The normalized spacial score (nSPS) is 10.4. The molecule has 0 amide bonds. The molecule has 19 heavy (non-hydrogen) atoms. The third kappa shape index (κ3) is 2.97. The highest BCUT2D eigenvalue weighted by Crippen LogP contribution is 2.11. The number of methoxy groups -OCH3 is 1. The summed E-state index contributed by atoms with van der Waals surface area (Å²) in [6.45, 7) is -0.274. The molecule has 1 N–H and O–H groups in total. The summed E-state index contributed by atoms with van der Waals surface area (Å²) in [6.07, 6.45) is 0. The van der Waals surface area contributed by atoms with Crippen LogP contribution in [-0.4, -0.2) is 38.0 Å². The number of ether oxygens (including phenoxy) is 1. The van der Waals surface area contributed by atoms with Gasteiger partial charge in [-0.25, -0.2) is 4.79 Å². The number of carboxylic acid groups (broad SMARTS) is 1. The van der Waals surface area contributed by atoms with E-state index in [1.807, 2.05) is 0 Å². The van der Waals surface area contributed by atoms with Crippen LogP contribution in [0, 0.1) is 0 Å². The molecular weight excluding hydrogens is 252 g/mol. The Morgan fingerprint density at radius 2 is 1.89 bits per heavy atom. The Kier molecular flexibility index (Phi) is 3.60. The third-order valence-electron chi connectivity index (χ3n) is 2.47. The third-order valence-corrected chi connectivity index (χ3v) is 2.47. The van der Waals surface area contributed by atoms with Crippen LogP contribution in [0.2, 0.25) is 0 Å². The van der Waals surface area contributed by atoms with Crippen molar-refractivity contribution in [1.29, 1.82) is 0 Å². The van der Waals surface area contributed by atoms with Crippen LogP contribution in [0.3, 0.4) is 0 Å². The number of hydrogen-bond donors (Lipinski definition) is 1. The van der Waals surface area contributed by atoms with Crippen LogP contribution >= 0.6 is 0 Å². The number of aliphatic carboxylic acids is 1. The van der Waals surface area contributed by atoms with Crippen LogP contribution in [0.1, 0.15) is 5.56 Å². The molecule has 0 aliphatic carbocycles. The summed E-state index contributed by atoms with van der Waals surface area (Å²) < 4.78 is 6.92. The first-order chi connectivity index (χ1) is 9.10. The Hall–Kier alpha value is -2.64. The fourth-order valence-corrected chi connectivity index (χ4v) is 1.54.